The molecule has 2 N–H and O–H groups in total. The van der Waals surface area contributed by atoms with Crippen LogP contribution in [0.4, 0.5) is 5.95 Å². The molecule has 168 valence electrons. The lowest BCUT2D eigenvalue weighted by atomic mass is 10.1. The van der Waals surface area contributed by atoms with Gasteiger partial charge in [-0.05, 0) is 41.5 Å². The topological polar surface area (TPSA) is 64.3 Å². The first kappa shape index (κ1) is 21.5. The summed E-state index contributed by atoms with van der Waals surface area (Å²) >= 11 is 6.12. The van der Waals surface area contributed by atoms with Crippen molar-refractivity contribution in [3.63, 3.8) is 0 Å². The number of H-pyrrole nitrogens is 1. The number of nitrogens with one attached hydrogen (secondary N) is 2. The molecule has 0 radical (unpaired) electrons. The van der Waals surface area contributed by atoms with E-state index in [1.165, 1.54) is 5.56 Å². The summed E-state index contributed by atoms with van der Waals surface area (Å²) in [7, 11) is 0. The van der Waals surface area contributed by atoms with Gasteiger partial charge in [0.05, 0.1) is 11.0 Å². The van der Waals surface area contributed by atoms with E-state index in [0.29, 0.717) is 12.1 Å². The van der Waals surface area contributed by atoms with Crippen LogP contribution in [0, 0.1) is 0 Å². The molecule has 1 amide bonds. The number of carbonyl (C=O) groups is 1. The number of halogens is 1. The van der Waals surface area contributed by atoms with E-state index in [9.17, 15) is 4.79 Å². The van der Waals surface area contributed by atoms with E-state index in [4.69, 9.17) is 16.6 Å². The smallest absolute Gasteiger partial charge is 0.251 e. The molecule has 5 rings (SSSR count). The van der Waals surface area contributed by atoms with Gasteiger partial charge in [-0.25, -0.2) is 4.98 Å². The molecular weight excluding hydrogens is 434 g/mol. The maximum Gasteiger partial charge on any atom is 0.251 e. The van der Waals surface area contributed by atoms with Crippen LogP contribution in [-0.4, -0.2) is 47.0 Å². The number of amides is 1. The van der Waals surface area contributed by atoms with Crippen molar-refractivity contribution in [2.24, 2.45) is 0 Å². The second-order valence-electron chi connectivity index (χ2n) is 8.35. The van der Waals surface area contributed by atoms with Gasteiger partial charge in [0.25, 0.3) is 5.91 Å². The third-order valence-corrected chi connectivity index (χ3v) is 6.23. The summed E-state index contributed by atoms with van der Waals surface area (Å²) < 4.78 is 0. The van der Waals surface area contributed by atoms with Crippen molar-refractivity contribution >= 4 is 34.5 Å². The minimum Gasteiger partial charge on any atom is -0.348 e. The van der Waals surface area contributed by atoms with Crippen LogP contribution in [0.1, 0.15) is 21.5 Å². The number of anilines is 1. The molecule has 0 atom stereocenters. The number of benzene rings is 3. The van der Waals surface area contributed by atoms with Gasteiger partial charge in [0.1, 0.15) is 0 Å². The first-order valence-electron chi connectivity index (χ1n) is 11.2. The first-order chi connectivity index (χ1) is 16.1. The normalized spacial score (nSPS) is 14.5. The Balaban J connectivity index is 1.20. The molecule has 0 aliphatic carbocycles. The molecule has 1 aliphatic heterocycles. The van der Waals surface area contributed by atoms with Crippen LogP contribution in [0.25, 0.3) is 11.0 Å². The zero-order valence-electron chi connectivity index (χ0n) is 18.3. The molecule has 4 aromatic rings. The van der Waals surface area contributed by atoms with Gasteiger partial charge in [0.2, 0.25) is 5.95 Å². The Morgan fingerprint density at radius 3 is 2.52 bits per heavy atom. The minimum atomic E-state index is -0.0973. The van der Waals surface area contributed by atoms with Crippen molar-refractivity contribution < 1.29 is 4.79 Å². The highest BCUT2D eigenvalue weighted by Crippen LogP contribution is 2.21. The predicted molar refractivity (Wildman–Crippen MR) is 133 cm³/mol. The Kier molecular flexibility index (Phi) is 6.28. The SMILES string of the molecule is O=C(NCc1ccccc1)c1ccc2[nH]c(N3CCN(Cc4cccc(Cl)c4)CC3)nc2c1. The Morgan fingerprint density at radius 1 is 0.939 bits per heavy atom. The molecule has 0 unspecified atom stereocenters. The van der Waals surface area contributed by atoms with Gasteiger partial charge in [0.15, 0.2) is 0 Å². The van der Waals surface area contributed by atoms with E-state index in [1.807, 2.05) is 66.7 Å². The van der Waals surface area contributed by atoms with Gasteiger partial charge < -0.3 is 15.2 Å². The molecular formula is C26H26ClN5O. The van der Waals surface area contributed by atoms with E-state index in [0.717, 1.165) is 60.3 Å². The minimum absolute atomic E-state index is 0.0973. The quantitative estimate of drug-likeness (QED) is 0.446. The molecule has 0 spiro atoms. The lowest BCUT2D eigenvalue weighted by Gasteiger charge is -2.34. The molecule has 1 aliphatic rings. The van der Waals surface area contributed by atoms with Crippen molar-refractivity contribution in [1.29, 1.82) is 0 Å². The monoisotopic (exact) mass is 459 g/mol. The number of fused-ring (bicyclic) bond motifs is 1. The van der Waals surface area contributed by atoms with E-state index < -0.39 is 0 Å². The largest absolute Gasteiger partial charge is 0.348 e. The lowest BCUT2D eigenvalue weighted by Crippen LogP contribution is -2.46. The van der Waals surface area contributed by atoms with Crippen molar-refractivity contribution in [3.05, 3.63) is 94.5 Å². The van der Waals surface area contributed by atoms with E-state index in [-0.39, 0.29) is 5.91 Å². The standard InChI is InChI=1S/C26H26ClN5O/c27-22-8-4-7-20(15-22)18-31-11-13-32(14-12-31)26-29-23-10-9-21(16-24(23)30-26)25(33)28-17-19-5-2-1-3-6-19/h1-10,15-16H,11-14,17-18H2,(H,28,33)(H,29,30). The number of piperazine rings is 1. The van der Waals surface area contributed by atoms with Crippen molar-refractivity contribution in [3.8, 4) is 0 Å². The average Bonchev–Trinajstić information content (AvgIpc) is 3.27. The molecule has 3 aromatic carbocycles. The van der Waals surface area contributed by atoms with Crippen molar-refractivity contribution in [2.75, 3.05) is 31.1 Å². The Morgan fingerprint density at radius 2 is 1.73 bits per heavy atom. The van der Waals surface area contributed by atoms with Crippen LogP contribution < -0.4 is 10.2 Å². The number of aromatic nitrogens is 2. The number of carbonyl (C=O) groups excluding carboxylic acids is 1. The summed E-state index contributed by atoms with van der Waals surface area (Å²) in [6.07, 6.45) is 0. The fourth-order valence-electron chi connectivity index (χ4n) is 4.17. The van der Waals surface area contributed by atoms with Gasteiger partial charge in [-0.15, -0.1) is 0 Å². The highest BCUT2D eigenvalue weighted by atomic mass is 35.5. The van der Waals surface area contributed by atoms with Gasteiger partial charge in [-0.2, -0.15) is 0 Å². The van der Waals surface area contributed by atoms with Crippen LogP contribution in [0.15, 0.2) is 72.8 Å². The molecule has 7 heteroatoms. The summed E-state index contributed by atoms with van der Waals surface area (Å²) in [5.41, 5.74) is 4.66. The molecule has 0 saturated carbocycles. The van der Waals surface area contributed by atoms with Gasteiger partial charge >= 0.3 is 0 Å². The zero-order valence-corrected chi connectivity index (χ0v) is 19.1. The summed E-state index contributed by atoms with van der Waals surface area (Å²) in [5.74, 6) is 0.759. The molecule has 33 heavy (non-hydrogen) atoms. The average molecular weight is 460 g/mol. The second-order valence-corrected chi connectivity index (χ2v) is 8.79. The third kappa shape index (κ3) is 5.18. The van der Waals surface area contributed by atoms with E-state index in [2.05, 4.69) is 26.2 Å². The summed E-state index contributed by atoms with van der Waals surface area (Å²) in [4.78, 5) is 25.5. The Bertz CT molecular complexity index is 1250. The van der Waals surface area contributed by atoms with Gasteiger partial charge in [-0.1, -0.05) is 54.1 Å². The predicted octanol–water partition coefficient (Wildman–Crippen LogP) is 4.47. The number of rotatable bonds is 6. The summed E-state index contributed by atoms with van der Waals surface area (Å²) in [6.45, 7) is 5.10. The maximum absolute atomic E-state index is 12.6. The Hall–Kier alpha value is -3.35. The molecule has 1 aromatic heterocycles. The number of hydrogen-bond acceptors (Lipinski definition) is 4. The summed E-state index contributed by atoms with van der Waals surface area (Å²) in [6, 6.07) is 23.6. The molecule has 1 saturated heterocycles. The van der Waals surface area contributed by atoms with Crippen molar-refractivity contribution in [2.45, 2.75) is 13.1 Å². The number of nitrogens with zero attached hydrogens (tertiary/aromatic N) is 3. The molecule has 1 fully saturated rings. The van der Waals surface area contributed by atoms with Gasteiger partial charge in [0, 0.05) is 49.9 Å². The number of aromatic amines is 1. The number of hydrogen-bond donors (Lipinski definition) is 2. The fourth-order valence-corrected chi connectivity index (χ4v) is 4.39. The zero-order chi connectivity index (χ0) is 22.6. The van der Waals surface area contributed by atoms with Crippen LogP contribution in [-0.2, 0) is 13.1 Å². The first-order valence-corrected chi connectivity index (χ1v) is 11.6. The van der Waals surface area contributed by atoms with E-state index in [1.54, 1.807) is 0 Å². The number of imidazole rings is 1. The maximum atomic E-state index is 12.6. The third-order valence-electron chi connectivity index (χ3n) is 6.00. The van der Waals surface area contributed by atoms with Gasteiger partial charge in [-0.3, -0.25) is 9.69 Å². The second kappa shape index (κ2) is 9.65. The highest BCUT2D eigenvalue weighted by Gasteiger charge is 2.20. The van der Waals surface area contributed by atoms with Crippen LogP contribution in [0.3, 0.4) is 0 Å². The molecule has 0 bridgehead atoms. The summed E-state index contributed by atoms with van der Waals surface area (Å²) in [5, 5.41) is 3.76. The molecule has 2 heterocycles. The van der Waals surface area contributed by atoms with Crippen LogP contribution in [0.5, 0.6) is 0 Å². The van der Waals surface area contributed by atoms with Crippen LogP contribution >= 0.6 is 11.6 Å². The van der Waals surface area contributed by atoms with Crippen LogP contribution in [0.2, 0.25) is 5.02 Å². The molecule has 6 nitrogen and oxygen atoms in total. The fraction of sp³-hybridized carbons (Fsp3) is 0.231. The lowest BCUT2D eigenvalue weighted by molar-refractivity contribution is 0.0951. The van der Waals surface area contributed by atoms with E-state index >= 15 is 0 Å². The van der Waals surface area contributed by atoms with Crippen molar-refractivity contribution in [1.82, 2.24) is 20.2 Å². The highest BCUT2D eigenvalue weighted by molar-refractivity contribution is 6.30. The Labute approximate surface area is 198 Å².